The minimum atomic E-state index is -0.311. The van der Waals surface area contributed by atoms with Crippen molar-refractivity contribution in [1.29, 1.82) is 0 Å². The highest BCUT2D eigenvalue weighted by Gasteiger charge is 2.14. The Bertz CT molecular complexity index is 676. The van der Waals surface area contributed by atoms with Crippen molar-refractivity contribution in [3.8, 4) is 11.5 Å². The number of benzene rings is 2. The second kappa shape index (κ2) is 6.83. The highest BCUT2D eigenvalue weighted by Crippen LogP contribution is 2.29. The van der Waals surface area contributed by atoms with Crippen molar-refractivity contribution in [1.82, 2.24) is 0 Å². The van der Waals surface area contributed by atoms with Crippen LogP contribution in [0.4, 0.5) is 5.69 Å². The van der Waals surface area contributed by atoms with E-state index < -0.39 is 0 Å². The first kappa shape index (κ1) is 15.7. The fourth-order valence-electron chi connectivity index (χ4n) is 1.77. The molecule has 2 aromatic carbocycles. The Kier molecular flexibility index (Phi) is 5.09. The van der Waals surface area contributed by atoms with Gasteiger partial charge in [0.05, 0.1) is 30.5 Å². The van der Waals surface area contributed by atoms with Crippen LogP contribution in [-0.2, 0) is 0 Å². The molecule has 0 aromatic heterocycles. The molecule has 0 unspecified atom stereocenters. The molecule has 6 heteroatoms. The fourth-order valence-corrected chi connectivity index (χ4v) is 2.29. The molecule has 0 atom stereocenters. The summed E-state index contributed by atoms with van der Waals surface area (Å²) in [6.45, 7) is 0. The standard InChI is InChI=1S/C15H13BrClNO3/c1-20-10-4-5-11(14(8-10)21-2)15(19)18-13-7-9(16)3-6-12(13)17/h3-8H,1-2H3,(H,18,19). The lowest BCUT2D eigenvalue weighted by Gasteiger charge is -2.12. The number of nitrogens with one attached hydrogen (secondary N) is 1. The van der Waals surface area contributed by atoms with Crippen molar-refractivity contribution in [2.75, 3.05) is 19.5 Å². The highest BCUT2D eigenvalue weighted by atomic mass is 79.9. The van der Waals surface area contributed by atoms with Gasteiger partial charge in [-0.15, -0.1) is 0 Å². The van der Waals surface area contributed by atoms with Crippen LogP contribution in [0, 0.1) is 0 Å². The third-order valence-electron chi connectivity index (χ3n) is 2.83. The predicted molar refractivity (Wildman–Crippen MR) is 86.7 cm³/mol. The largest absolute Gasteiger partial charge is 0.497 e. The fraction of sp³-hybridized carbons (Fsp3) is 0.133. The van der Waals surface area contributed by atoms with Gasteiger partial charge in [-0.25, -0.2) is 0 Å². The molecule has 2 aromatic rings. The van der Waals surface area contributed by atoms with E-state index in [0.29, 0.717) is 27.8 Å². The topological polar surface area (TPSA) is 47.6 Å². The second-order valence-corrected chi connectivity index (χ2v) is 5.47. The highest BCUT2D eigenvalue weighted by molar-refractivity contribution is 9.10. The first-order chi connectivity index (χ1) is 10.0. The van der Waals surface area contributed by atoms with Crippen molar-refractivity contribution in [2.24, 2.45) is 0 Å². The van der Waals surface area contributed by atoms with Gasteiger partial charge in [-0.05, 0) is 30.3 Å². The molecule has 1 N–H and O–H groups in total. The average Bonchev–Trinajstić information content (AvgIpc) is 2.50. The number of carbonyl (C=O) groups excluding carboxylic acids is 1. The maximum atomic E-state index is 12.4. The number of hydrogen-bond acceptors (Lipinski definition) is 3. The summed E-state index contributed by atoms with van der Waals surface area (Å²) in [5, 5.41) is 3.22. The first-order valence-electron chi connectivity index (χ1n) is 6.03. The van der Waals surface area contributed by atoms with Crippen molar-refractivity contribution in [3.05, 3.63) is 51.5 Å². The predicted octanol–water partition coefficient (Wildman–Crippen LogP) is 4.37. The quantitative estimate of drug-likeness (QED) is 0.869. The molecular formula is C15H13BrClNO3. The van der Waals surface area contributed by atoms with E-state index in [-0.39, 0.29) is 5.91 Å². The van der Waals surface area contributed by atoms with Gasteiger partial charge in [-0.3, -0.25) is 4.79 Å². The van der Waals surface area contributed by atoms with Gasteiger partial charge < -0.3 is 14.8 Å². The summed E-state index contributed by atoms with van der Waals surface area (Å²) in [5.74, 6) is 0.733. The Morgan fingerprint density at radius 2 is 1.90 bits per heavy atom. The summed E-state index contributed by atoms with van der Waals surface area (Å²) >= 11 is 9.40. The Hall–Kier alpha value is -1.72. The van der Waals surface area contributed by atoms with E-state index >= 15 is 0 Å². The summed E-state index contributed by atoms with van der Waals surface area (Å²) in [7, 11) is 3.05. The van der Waals surface area contributed by atoms with E-state index in [1.54, 1.807) is 43.5 Å². The van der Waals surface area contributed by atoms with Gasteiger partial charge >= 0.3 is 0 Å². The molecule has 4 nitrogen and oxygen atoms in total. The number of amides is 1. The van der Waals surface area contributed by atoms with Crippen LogP contribution in [0.3, 0.4) is 0 Å². The molecule has 1 amide bonds. The van der Waals surface area contributed by atoms with E-state index in [2.05, 4.69) is 21.2 Å². The Balaban J connectivity index is 2.30. The third kappa shape index (κ3) is 3.68. The van der Waals surface area contributed by atoms with Crippen LogP contribution < -0.4 is 14.8 Å². The number of halogens is 2. The molecule has 21 heavy (non-hydrogen) atoms. The minimum Gasteiger partial charge on any atom is -0.497 e. The Morgan fingerprint density at radius 1 is 1.14 bits per heavy atom. The van der Waals surface area contributed by atoms with Gasteiger partial charge in [0, 0.05) is 10.5 Å². The maximum Gasteiger partial charge on any atom is 0.259 e. The molecule has 0 spiro atoms. The van der Waals surface area contributed by atoms with Gasteiger partial charge in [0.2, 0.25) is 0 Å². The van der Waals surface area contributed by atoms with Crippen molar-refractivity contribution in [2.45, 2.75) is 0 Å². The second-order valence-electron chi connectivity index (χ2n) is 4.14. The molecule has 0 aliphatic rings. The molecule has 110 valence electrons. The van der Waals surface area contributed by atoms with Crippen molar-refractivity contribution >= 4 is 39.1 Å². The zero-order chi connectivity index (χ0) is 15.4. The maximum absolute atomic E-state index is 12.4. The monoisotopic (exact) mass is 369 g/mol. The molecule has 0 aliphatic heterocycles. The normalized spacial score (nSPS) is 10.1. The number of ether oxygens (including phenoxy) is 2. The summed E-state index contributed by atoms with van der Waals surface area (Å²) in [6.07, 6.45) is 0. The number of rotatable bonds is 4. The van der Waals surface area contributed by atoms with E-state index in [0.717, 1.165) is 4.47 Å². The third-order valence-corrected chi connectivity index (χ3v) is 3.65. The van der Waals surface area contributed by atoms with Crippen LogP contribution >= 0.6 is 27.5 Å². The Morgan fingerprint density at radius 3 is 2.57 bits per heavy atom. The van der Waals surface area contributed by atoms with Crippen LogP contribution in [0.25, 0.3) is 0 Å². The van der Waals surface area contributed by atoms with Gasteiger partial charge in [-0.1, -0.05) is 27.5 Å². The molecule has 0 bridgehead atoms. The van der Waals surface area contributed by atoms with Crippen LogP contribution in [0.1, 0.15) is 10.4 Å². The van der Waals surface area contributed by atoms with E-state index in [1.807, 2.05) is 0 Å². The zero-order valence-electron chi connectivity index (χ0n) is 11.4. The van der Waals surface area contributed by atoms with Crippen LogP contribution in [-0.4, -0.2) is 20.1 Å². The number of methoxy groups -OCH3 is 2. The molecule has 0 saturated carbocycles. The lowest BCUT2D eigenvalue weighted by molar-refractivity contribution is 0.102. The van der Waals surface area contributed by atoms with E-state index in [1.165, 1.54) is 7.11 Å². The lowest BCUT2D eigenvalue weighted by atomic mass is 10.1. The number of anilines is 1. The van der Waals surface area contributed by atoms with Crippen LogP contribution in [0.2, 0.25) is 5.02 Å². The molecule has 0 aliphatic carbocycles. The molecular weight excluding hydrogens is 358 g/mol. The Labute approximate surface area is 136 Å². The van der Waals surface area contributed by atoms with E-state index in [4.69, 9.17) is 21.1 Å². The van der Waals surface area contributed by atoms with E-state index in [9.17, 15) is 4.79 Å². The summed E-state index contributed by atoms with van der Waals surface area (Å²) in [6, 6.07) is 10.2. The smallest absolute Gasteiger partial charge is 0.259 e. The molecule has 0 radical (unpaired) electrons. The van der Waals surface area contributed by atoms with Gasteiger partial charge in [0.15, 0.2) is 0 Å². The summed E-state index contributed by atoms with van der Waals surface area (Å²) < 4.78 is 11.1. The minimum absolute atomic E-state index is 0.311. The molecule has 0 heterocycles. The average molecular weight is 371 g/mol. The summed E-state index contributed by atoms with van der Waals surface area (Å²) in [4.78, 5) is 12.4. The first-order valence-corrected chi connectivity index (χ1v) is 7.20. The molecule has 0 saturated heterocycles. The van der Waals surface area contributed by atoms with Crippen LogP contribution in [0.15, 0.2) is 40.9 Å². The zero-order valence-corrected chi connectivity index (χ0v) is 13.8. The molecule has 2 rings (SSSR count). The molecule has 0 fully saturated rings. The summed E-state index contributed by atoms with van der Waals surface area (Å²) in [5.41, 5.74) is 0.920. The van der Waals surface area contributed by atoms with Gasteiger partial charge in [0.25, 0.3) is 5.91 Å². The number of carbonyl (C=O) groups is 1. The SMILES string of the molecule is COc1ccc(C(=O)Nc2cc(Br)ccc2Cl)c(OC)c1. The van der Waals surface area contributed by atoms with Crippen LogP contribution in [0.5, 0.6) is 11.5 Å². The lowest BCUT2D eigenvalue weighted by Crippen LogP contribution is -2.13. The van der Waals surface area contributed by atoms with Crippen molar-refractivity contribution < 1.29 is 14.3 Å². The van der Waals surface area contributed by atoms with Gasteiger partial charge in [-0.2, -0.15) is 0 Å². The van der Waals surface area contributed by atoms with Gasteiger partial charge in [0.1, 0.15) is 11.5 Å². The van der Waals surface area contributed by atoms with Crippen molar-refractivity contribution in [3.63, 3.8) is 0 Å². The number of hydrogen-bond donors (Lipinski definition) is 1.